The molecule has 1 heterocycles. The Morgan fingerprint density at radius 3 is 2.67 bits per heavy atom. The molecule has 1 amide bonds. The zero-order chi connectivity index (χ0) is 10.9. The number of hydrogen-bond acceptors (Lipinski definition) is 1. The van der Waals surface area contributed by atoms with Gasteiger partial charge in [-0.25, -0.2) is 0 Å². The monoisotopic (exact) mass is 203 g/mol. The first-order valence-corrected chi connectivity index (χ1v) is 5.51. The molecule has 0 bridgehead atoms. The number of hydrogen-bond donors (Lipinski definition) is 1. The summed E-state index contributed by atoms with van der Waals surface area (Å²) in [7, 11) is 0. The molecule has 80 valence electrons. The maximum atomic E-state index is 11.5. The van der Waals surface area contributed by atoms with E-state index in [1.807, 2.05) is 18.2 Å². The van der Waals surface area contributed by atoms with E-state index in [1.54, 1.807) is 0 Å². The summed E-state index contributed by atoms with van der Waals surface area (Å²) >= 11 is 0. The molecule has 1 saturated heterocycles. The Labute approximate surface area is 90.7 Å². The summed E-state index contributed by atoms with van der Waals surface area (Å²) in [6.45, 7) is 4.30. The van der Waals surface area contributed by atoms with Crippen LogP contribution in [0.15, 0.2) is 30.3 Å². The van der Waals surface area contributed by atoms with Gasteiger partial charge in [-0.3, -0.25) is 4.79 Å². The Morgan fingerprint density at radius 1 is 1.40 bits per heavy atom. The quantitative estimate of drug-likeness (QED) is 0.784. The number of carbonyl (C=O) groups is 1. The van der Waals surface area contributed by atoms with Gasteiger partial charge >= 0.3 is 0 Å². The van der Waals surface area contributed by atoms with Crippen molar-refractivity contribution in [2.45, 2.75) is 38.1 Å². The highest BCUT2D eigenvalue weighted by molar-refractivity contribution is 5.81. The third kappa shape index (κ3) is 1.65. The van der Waals surface area contributed by atoms with Crippen LogP contribution in [0.4, 0.5) is 0 Å². The topological polar surface area (TPSA) is 29.1 Å². The normalized spacial score (nSPS) is 30.3. The highest BCUT2D eigenvalue weighted by Gasteiger charge is 2.43. The fraction of sp³-hybridized carbons (Fsp3) is 0.462. The largest absolute Gasteiger partial charge is 0.352 e. The van der Waals surface area contributed by atoms with Crippen LogP contribution in [0.3, 0.4) is 0 Å². The molecule has 1 N–H and O–H groups in total. The maximum Gasteiger partial charge on any atom is 0.221 e. The van der Waals surface area contributed by atoms with Crippen LogP contribution in [0.5, 0.6) is 0 Å². The lowest BCUT2D eigenvalue weighted by Gasteiger charge is -2.29. The number of rotatable bonds is 2. The third-order valence-corrected chi connectivity index (χ3v) is 3.47. The van der Waals surface area contributed by atoms with Gasteiger partial charge in [-0.2, -0.15) is 0 Å². The maximum absolute atomic E-state index is 11.5. The smallest absolute Gasteiger partial charge is 0.221 e. The van der Waals surface area contributed by atoms with E-state index in [0.29, 0.717) is 6.42 Å². The van der Waals surface area contributed by atoms with Crippen molar-refractivity contribution in [3.8, 4) is 0 Å². The Balaban J connectivity index is 2.37. The molecule has 2 atom stereocenters. The molecule has 2 rings (SSSR count). The van der Waals surface area contributed by atoms with Gasteiger partial charge in [-0.15, -0.1) is 0 Å². The van der Waals surface area contributed by atoms with Crippen molar-refractivity contribution in [1.29, 1.82) is 0 Å². The zero-order valence-electron chi connectivity index (χ0n) is 9.29. The summed E-state index contributed by atoms with van der Waals surface area (Å²) in [5.74, 6) is 0.174. The summed E-state index contributed by atoms with van der Waals surface area (Å²) in [6, 6.07) is 10.6. The minimum Gasteiger partial charge on any atom is -0.352 e. The number of amides is 1. The minimum atomic E-state index is -0.0346. The van der Waals surface area contributed by atoms with Crippen molar-refractivity contribution in [3.63, 3.8) is 0 Å². The van der Waals surface area contributed by atoms with Gasteiger partial charge < -0.3 is 5.32 Å². The molecule has 2 heteroatoms. The van der Waals surface area contributed by atoms with Crippen LogP contribution in [0, 0.1) is 0 Å². The van der Waals surface area contributed by atoms with Crippen molar-refractivity contribution < 1.29 is 4.79 Å². The SMILES string of the molecule is CCC1NC(=O)CC1(C)c1ccccc1. The van der Waals surface area contributed by atoms with E-state index in [1.165, 1.54) is 5.56 Å². The van der Waals surface area contributed by atoms with E-state index in [-0.39, 0.29) is 17.4 Å². The Bertz CT molecular complexity index is 360. The van der Waals surface area contributed by atoms with Gasteiger partial charge in [0.25, 0.3) is 0 Å². The molecule has 0 aliphatic carbocycles. The number of nitrogens with one attached hydrogen (secondary N) is 1. The van der Waals surface area contributed by atoms with Gasteiger partial charge in [-0.05, 0) is 12.0 Å². The van der Waals surface area contributed by atoms with Gasteiger partial charge in [0.1, 0.15) is 0 Å². The van der Waals surface area contributed by atoms with Gasteiger partial charge in [0.15, 0.2) is 0 Å². The first-order chi connectivity index (χ1) is 7.16. The Morgan fingerprint density at radius 2 is 2.07 bits per heavy atom. The van der Waals surface area contributed by atoms with E-state index in [0.717, 1.165) is 6.42 Å². The van der Waals surface area contributed by atoms with Crippen LogP contribution >= 0.6 is 0 Å². The molecular weight excluding hydrogens is 186 g/mol. The molecular formula is C13H17NO. The van der Waals surface area contributed by atoms with Crippen molar-refractivity contribution >= 4 is 5.91 Å². The van der Waals surface area contributed by atoms with E-state index in [2.05, 4.69) is 31.3 Å². The molecule has 1 aromatic rings. The number of carbonyl (C=O) groups excluding carboxylic acids is 1. The van der Waals surface area contributed by atoms with E-state index in [9.17, 15) is 4.79 Å². The standard InChI is InChI=1S/C13H17NO/c1-3-11-13(2,9-12(15)14-11)10-7-5-4-6-8-10/h4-8,11H,3,9H2,1-2H3,(H,14,15). The third-order valence-electron chi connectivity index (χ3n) is 3.47. The minimum absolute atomic E-state index is 0.0346. The first-order valence-electron chi connectivity index (χ1n) is 5.51. The molecule has 0 saturated carbocycles. The molecule has 15 heavy (non-hydrogen) atoms. The second-order valence-electron chi connectivity index (χ2n) is 4.49. The van der Waals surface area contributed by atoms with Crippen molar-refractivity contribution in [3.05, 3.63) is 35.9 Å². The van der Waals surface area contributed by atoms with Crippen LogP contribution in [0.1, 0.15) is 32.3 Å². The van der Waals surface area contributed by atoms with Gasteiger partial charge in [0, 0.05) is 17.9 Å². The van der Waals surface area contributed by atoms with Crippen LogP contribution < -0.4 is 5.32 Å². The summed E-state index contributed by atoms with van der Waals surface area (Å²) in [6.07, 6.45) is 1.59. The molecule has 0 radical (unpaired) electrons. The van der Waals surface area contributed by atoms with Gasteiger partial charge in [0.2, 0.25) is 5.91 Å². The summed E-state index contributed by atoms with van der Waals surface area (Å²) in [4.78, 5) is 11.5. The van der Waals surface area contributed by atoms with E-state index >= 15 is 0 Å². The molecule has 1 aromatic carbocycles. The van der Waals surface area contributed by atoms with Crippen LogP contribution in [0.2, 0.25) is 0 Å². The molecule has 1 aliphatic heterocycles. The fourth-order valence-electron chi connectivity index (χ4n) is 2.54. The molecule has 2 unspecified atom stereocenters. The summed E-state index contributed by atoms with van der Waals surface area (Å²) in [5, 5.41) is 3.05. The van der Waals surface area contributed by atoms with E-state index in [4.69, 9.17) is 0 Å². The van der Waals surface area contributed by atoms with Gasteiger partial charge in [-0.1, -0.05) is 44.2 Å². The zero-order valence-corrected chi connectivity index (χ0v) is 9.29. The van der Waals surface area contributed by atoms with Crippen LogP contribution in [0.25, 0.3) is 0 Å². The Kier molecular flexibility index (Phi) is 2.51. The van der Waals surface area contributed by atoms with Gasteiger partial charge in [0.05, 0.1) is 0 Å². The predicted molar refractivity (Wildman–Crippen MR) is 60.6 cm³/mol. The fourth-order valence-corrected chi connectivity index (χ4v) is 2.54. The summed E-state index contributed by atoms with van der Waals surface area (Å²) < 4.78 is 0. The second kappa shape index (κ2) is 3.69. The first kappa shape index (κ1) is 10.2. The lowest BCUT2D eigenvalue weighted by molar-refractivity contribution is -0.119. The second-order valence-corrected chi connectivity index (χ2v) is 4.49. The van der Waals surface area contributed by atoms with Crippen LogP contribution in [-0.4, -0.2) is 11.9 Å². The summed E-state index contributed by atoms with van der Waals surface area (Å²) in [5.41, 5.74) is 1.22. The van der Waals surface area contributed by atoms with E-state index < -0.39 is 0 Å². The molecule has 1 fully saturated rings. The lowest BCUT2D eigenvalue weighted by Crippen LogP contribution is -2.37. The molecule has 0 aromatic heterocycles. The molecule has 2 nitrogen and oxygen atoms in total. The predicted octanol–water partition coefficient (Wildman–Crippen LogP) is 2.24. The average molecular weight is 203 g/mol. The molecule has 0 spiro atoms. The Hall–Kier alpha value is -1.31. The lowest BCUT2D eigenvalue weighted by atomic mass is 9.75. The highest BCUT2D eigenvalue weighted by atomic mass is 16.2. The number of benzene rings is 1. The van der Waals surface area contributed by atoms with Crippen molar-refractivity contribution in [2.75, 3.05) is 0 Å². The van der Waals surface area contributed by atoms with Crippen LogP contribution in [-0.2, 0) is 10.2 Å². The average Bonchev–Trinajstić information content (AvgIpc) is 2.56. The van der Waals surface area contributed by atoms with Crippen molar-refractivity contribution in [2.24, 2.45) is 0 Å². The molecule has 1 aliphatic rings. The van der Waals surface area contributed by atoms with Crippen molar-refractivity contribution in [1.82, 2.24) is 5.32 Å². The highest BCUT2D eigenvalue weighted by Crippen LogP contribution is 2.36.